The molecule has 1 fully saturated rings. The number of nitrogens with one attached hydrogen (secondary N) is 1. The predicted molar refractivity (Wildman–Crippen MR) is 117 cm³/mol. The van der Waals surface area contributed by atoms with Gasteiger partial charge >= 0.3 is 12.4 Å². The Balaban J connectivity index is 1.61. The first kappa shape index (κ1) is 26.0. The van der Waals surface area contributed by atoms with Gasteiger partial charge in [-0.25, -0.2) is 9.18 Å². The number of aryl methyl sites for hydroxylation is 1. The van der Waals surface area contributed by atoms with E-state index in [1.165, 1.54) is 36.2 Å². The van der Waals surface area contributed by atoms with E-state index in [9.17, 15) is 23.1 Å². The molecule has 1 saturated heterocycles. The highest BCUT2D eigenvalue weighted by molar-refractivity contribution is 6.31. The predicted octanol–water partition coefficient (Wildman–Crippen LogP) is 4.33. The van der Waals surface area contributed by atoms with Gasteiger partial charge in [-0.15, -0.1) is 13.2 Å². The third kappa shape index (κ3) is 6.49. The molecule has 1 aliphatic heterocycles. The lowest BCUT2D eigenvalue weighted by Gasteiger charge is -2.36. The van der Waals surface area contributed by atoms with Gasteiger partial charge in [-0.1, -0.05) is 11.6 Å². The highest BCUT2D eigenvalue weighted by Gasteiger charge is 2.40. The van der Waals surface area contributed by atoms with Crippen molar-refractivity contribution in [2.24, 2.45) is 0 Å². The molecule has 1 aliphatic rings. The smallest absolute Gasteiger partial charge is 0.406 e. The number of amides is 2. The molecule has 1 aromatic carbocycles. The lowest BCUT2D eigenvalue weighted by molar-refractivity contribution is -0.274. The van der Waals surface area contributed by atoms with E-state index in [1.807, 2.05) is 0 Å². The third-order valence-corrected chi connectivity index (χ3v) is 5.79. The number of halogens is 5. The van der Waals surface area contributed by atoms with Gasteiger partial charge in [0.25, 0.3) is 0 Å². The molecule has 1 unspecified atom stereocenters. The van der Waals surface area contributed by atoms with Crippen molar-refractivity contribution in [2.45, 2.75) is 44.3 Å². The molecule has 0 saturated carbocycles. The Kier molecular flexibility index (Phi) is 7.89. The monoisotopic (exact) mass is 505 g/mol. The molecule has 0 aliphatic carbocycles. The lowest BCUT2D eigenvalue weighted by Crippen LogP contribution is -2.45. The van der Waals surface area contributed by atoms with Crippen LogP contribution in [0.3, 0.4) is 0 Å². The van der Waals surface area contributed by atoms with Crippen LogP contribution in [0.1, 0.15) is 29.7 Å². The van der Waals surface area contributed by atoms with Gasteiger partial charge in [-0.05, 0) is 42.3 Å². The number of aromatic nitrogens is 1. The van der Waals surface area contributed by atoms with E-state index in [-0.39, 0.29) is 60.1 Å². The van der Waals surface area contributed by atoms with Crippen LogP contribution in [0.15, 0.2) is 30.5 Å². The second kappa shape index (κ2) is 10.3. The van der Waals surface area contributed by atoms with Gasteiger partial charge in [0, 0.05) is 44.2 Å². The first-order valence-electron chi connectivity index (χ1n) is 10.5. The zero-order chi connectivity index (χ0) is 25.1. The maximum atomic E-state index is 15.6. The molecular formula is C22H24ClF4N3O4. The van der Waals surface area contributed by atoms with Crippen LogP contribution in [-0.2, 0) is 12.1 Å². The fourth-order valence-corrected chi connectivity index (χ4v) is 4.08. The number of hydrogen-bond donors (Lipinski definition) is 3. The van der Waals surface area contributed by atoms with Gasteiger partial charge in [0.15, 0.2) is 5.67 Å². The van der Waals surface area contributed by atoms with E-state index >= 15 is 4.39 Å². The van der Waals surface area contributed by atoms with Gasteiger partial charge < -0.3 is 25.2 Å². The maximum absolute atomic E-state index is 15.6. The van der Waals surface area contributed by atoms with Gasteiger partial charge in [0.05, 0.1) is 23.4 Å². The van der Waals surface area contributed by atoms with Crippen molar-refractivity contribution < 1.29 is 37.3 Å². The summed E-state index contributed by atoms with van der Waals surface area (Å²) in [6, 6.07) is 4.73. The number of rotatable bonds is 6. The number of ether oxygens (including phenoxy) is 1. The summed E-state index contributed by atoms with van der Waals surface area (Å²) in [5, 5.41) is 21.2. The highest BCUT2D eigenvalue weighted by atomic mass is 35.5. The molecule has 0 bridgehead atoms. The van der Waals surface area contributed by atoms with Crippen LogP contribution in [0.2, 0.25) is 5.02 Å². The van der Waals surface area contributed by atoms with Crippen LogP contribution >= 0.6 is 11.6 Å². The molecule has 0 radical (unpaired) electrons. The van der Waals surface area contributed by atoms with Crippen LogP contribution in [0, 0.1) is 6.92 Å². The average Bonchev–Trinajstić information content (AvgIpc) is 2.75. The van der Waals surface area contributed by atoms with Crippen LogP contribution in [0.4, 0.5) is 28.0 Å². The van der Waals surface area contributed by atoms with Crippen molar-refractivity contribution in [3.05, 3.63) is 52.3 Å². The summed E-state index contributed by atoms with van der Waals surface area (Å²) in [4.78, 5) is 18.1. The van der Waals surface area contributed by atoms with Gasteiger partial charge in [0.1, 0.15) is 5.75 Å². The SMILES string of the molecule is Cc1cc(NC(=O)N2CCC(F)(c3ncc(CC(O)CO)cc3Cl)CC2)ccc1OC(F)(F)F. The Morgan fingerprint density at radius 1 is 1.32 bits per heavy atom. The van der Waals surface area contributed by atoms with Crippen molar-refractivity contribution in [2.75, 3.05) is 25.0 Å². The number of carbonyl (C=O) groups excluding carboxylic acids is 1. The zero-order valence-corrected chi connectivity index (χ0v) is 19.0. The normalized spacial score (nSPS) is 16.8. The summed E-state index contributed by atoms with van der Waals surface area (Å²) in [6.07, 6.45) is -4.37. The number of carbonyl (C=O) groups is 1. The summed E-state index contributed by atoms with van der Waals surface area (Å²) in [5.41, 5.74) is -0.786. The van der Waals surface area contributed by atoms with Crippen molar-refractivity contribution in [1.29, 1.82) is 0 Å². The Hall–Kier alpha value is -2.63. The molecule has 3 N–H and O–H groups in total. The fourth-order valence-electron chi connectivity index (χ4n) is 3.73. The van der Waals surface area contributed by atoms with Crippen LogP contribution in [-0.4, -0.2) is 58.3 Å². The number of alkyl halides is 4. The average molecular weight is 506 g/mol. The number of pyridine rings is 1. The number of nitrogens with zero attached hydrogens (tertiary/aromatic N) is 2. The first-order chi connectivity index (χ1) is 15.9. The summed E-state index contributed by atoms with van der Waals surface area (Å²) in [6.45, 7) is 1.14. The van der Waals surface area contributed by atoms with E-state index in [1.54, 1.807) is 0 Å². The minimum atomic E-state index is -4.82. The Labute approximate surface area is 198 Å². The second-order valence-electron chi connectivity index (χ2n) is 8.13. The largest absolute Gasteiger partial charge is 0.573 e. The zero-order valence-electron chi connectivity index (χ0n) is 18.2. The van der Waals surface area contributed by atoms with E-state index in [0.717, 1.165) is 6.07 Å². The molecule has 34 heavy (non-hydrogen) atoms. The minimum absolute atomic E-state index is 0.0485. The number of aliphatic hydroxyl groups is 2. The van der Waals surface area contributed by atoms with Crippen LogP contribution in [0.5, 0.6) is 5.75 Å². The molecule has 12 heteroatoms. The minimum Gasteiger partial charge on any atom is -0.406 e. The molecule has 2 heterocycles. The third-order valence-electron chi connectivity index (χ3n) is 5.50. The van der Waals surface area contributed by atoms with Crippen molar-refractivity contribution >= 4 is 23.3 Å². The van der Waals surface area contributed by atoms with Crippen LogP contribution < -0.4 is 10.1 Å². The standard InChI is InChI=1S/C22H24ClF4N3O4/c1-13-8-15(2-3-18(13)34-22(25,26)27)29-20(33)30-6-4-21(24,5-7-30)19-17(23)10-14(11-28-19)9-16(32)12-31/h2-3,8,10-11,16,31-32H,4-7,9,12H2,1H3,(H,29,33). The van der Waals surface area contributed by atoms with Gasteiger partial charge in [-0.2, -0.15) is 0 Å². The van der Waals surface area contributed by atoms with E-state index < -0.39 is 30.8 Å². The molecular weight excluding hydrogens is 482 g/mol. The number of anilines is 1. The molecule has 0 spiro atoms. The quantitative estimate of drug-likeness (QED) is 0.508. The van der Waals surface area contributed by atoms with E-state index in [0.29, 0.717) is 5.56 Å². The number of likely N-dealkylation sites (tertiary alicyclic amines) is 1. The first-order valence-corrected chi connectivity index (χ1v) is 10.8. The number of aliphatic hydroxyl groups excluding tert-OH is 2. The summed E-state index contributed by atoms with van der Waals surface area (Å²) in [5.74, 6) is -0.369. The summed E-state index contributed by atoms with van der Waals surface area (Å²) >= 11 is 6.23. The van der Waals surface area contributed by atoms with Gasteiger partial charge in [0.2, 0.25) is 0 Å². The fraction of sp³-hybridized carbons (Fsp3) is 0.455. The topological polar surface area (TPSA) is 94.9 Å². The van der Waals surface area contributed by atoms with Crippen molar-refractivity contribution in [3.8, 4) is 5.75 Å². The number of urea groups is 1. The van der Waals surface area contributed by atoms with E-state index in [2.05, 4.69) is 15.0 Å². The lowest BCUT2D eigenvalue weighted by atomic mass is 9.89. The molecule has 3 rings (SSSR count). The number of benzene rings is 1. The van der Waals surface area contributed by atoms with Crippen molar-refractivity contribution in [1.82, 2.24) is 9.88 Å². The Morgan fingerprint density at radius 2 is 2.00 bits per heavy atom. The molecule has 1 atom stereocenters. The summed E-state index contributed by atoms with van der Waals surface area (Å²) in [7, 11) is 0. The molecule has 2 aromatic rings. The van der Waals surface area contributed by atoms with Gasteiger partial charge in [-0.3, -0.25) is 4.98 Å². The second-order valence-corrected chi connectivity index (χ2v) is 8.53. The molecule has 2 amide bonds. The number of piperidine rings is 1. The van der Waals surface area contributed by atoms with Crippen molar-refractivity contribution in [3.63, 3.8) is 0 Å². The Morgan fingerprint density at radius 3 is 2.56 bits per heavy atom. The Bertz CT molecular complexity index is 1030. The van der Waals surface area contributed by atoms with E-state index in [4.69, 9.17) is 16.7 Å². The highest BCUT2D eigenvalue weighted by Crippen LogP contribution is 2.39. The molecule has 1 aromatic heterocycles. The molecule has 7 nitrogen and oxygen atoms in total. The molecule has 186 valence electrons. The number of hydrogen-bond acceptors (Lipinski definition) is 5. The van der Waals surface area contributed by atoms with Crippen LogP contribution in [0.25, 0.3) is 0 Å². The maximum Gasteiger partial charge on any atom is 0.573 e. The summed E-state index contributed by atoms with van der Waals surface area (Å²) < 4.78 is 56.8.